The highest BCUT2D eigenvalue weighted by Gasteiger charge is 2.13. The van der Waals surface area contributed by atoms with E-state index in [9.17, 15) is 9.18 Å². The van der Waals surface area contributed by atoms with E-state index in [2.05, 4.69) is 31.4 Å². The number of halogens is 3. The number of amides is 1. The molecule has 0 spiro atoms. The molecule has 6 nitrogen and oxygen atoms in total. The van der Waals surface area contributed by atoms with E-state index in [1.54, 1.807) is 35.3 Å². The van der Waals surface area contributed by atoms with Crippen LogP contribution in [0.1, 0.15) is 17.7 Å². The van der Waals surface area contributed by atoms with Crippen LogP contribution in [0.5, 0.6) is 0 Å². The molecule has 0 fully saturated rings. The zero-order chi connectivity index (χ0) is 18.7. The molecule has 0 aliphatic rings. The number of hydrogen-bond acceptors (Lipinski definition) is 3. The maximum Gasteiger partial charge on any atom is 0.227 e. The number of hydrogen-bond donors (Lipinski definition) is 1. The molecular weight excluding hydrogens is 425 g/mol. The van der Waals surface area contributed by atoms with Gasteiger partial charge in [0.25, 0.3) is 0 Å². The minimum Gasteiger partial charge on any atom is -0.308 e. The molecule has 2 aromatic heterocycles. The van der Waals surface area contributed by atoms with E-state index in [0.717, 1.165) is 10.2 Å². The van der Waals surface area contributed by atoms with Crippen molar-refractivity contribution in [1.29, 1.82) is 0 Å². The van der Waals surface area contributed by atoms with Gasteiger partial charge < -0.3 is 5.32 Å². The Bertz CT molecular complexity index is 939. The maximum atomic E-state index is 13.7. The number of nitrogens with zero attached hydrogens (tertiary/aromatic N) is 4. The van der Waals surface area contributed by atoms with Crippen molar-refractivity contribution < 1.29 is 9.18 Å². The zero-order valence-corrected chi connectivity index (χ0v) is 16.3. The van der Waals surface area contributed by atoms with E-state index >= 15 is 0 Å². The summed E-state index contributed by atoms with van der Waals surface area (Å²) in [6.07, 6.45) is 3.47. The highest BCUT2D eigenvalue weighted by molar-refractivity contribution is 9.10. The Morgan fingerprint density at radius 3 is 2.85 bits per heavy atom. The second-order valence-electron chi connectivity index (χ2n) is 5.71. The largest absolute Gasteiger partial charge is 0.308 e. The lowest BCUT2D eigenvalue weighted by molar-refractivity contribution is -0.116. The molecule has 0 saturated carbocycles. The Morgan fingerprint density at radius 2 is 2.15 bits per heavy atom. The predicted molar refractivity (Wildman–Crippen MR) is 101 cm³/mol. The van der Waals surface area contributed by atoms with Crippen LogP contribution in [0.25, 0.3) is 0 Å². The second kappa shape index (κ2) is 8.01. The molecular formula is C17H16BrClFN5O. The van der Waals surface area contributed by atoms with E-state index in [-0.39, 0.29) is 30.5 Å². The van der Waals surface area contributed by atoms with Crippen molar-refractivity contribution in [3.63, 3.8) is 0 Å². The highest BCUT2D eigenvalue weighted by Crippen LogP contribution is 2.21. The summed E-state index contributed by atoms with van der Waals surface area (Å²) in [6.45, 7) is 2.58. The monoisotopic (exact) mass is 439 g/mol. The summed E-state index contributed by atoms with van der Waals surface area (Å²) in [6, 6.07) is 6.44. The molecule has 0 saturated heterocycles. The lowest BCUT2D eigenvalue weighted by atomic mass is 10.2. The Kier molecular flexibility index (Phi) is 5.73. The standard InChI is InChI=1S/C17H16BrClFN5O/c1-11-13(18)8-21-25(11)7-6-16(26)22-17-14(19)10-24(23-17)9-12-4-2-3-5-15(12)20/h2-5,8,10H,6-7,9H2,1H3,(H,22,23,26). The van der Waals surface area contributed by atoms with Crippen molar-refractivity contribution in [2.24, 2.45) is 0 Å². The van der Waals surface area contributed by atoms with Gasteiger partial charge in [0.1, 0.15) is 10.8 Å². The van der Waals surface area contributed by atoms with E-state index in [1.165, 1.54) is 10.7 Å². The molecule has 136 valence electrons. The highest BCUT2D eigenvalue weighted by atomic mass is 79.9. The van der Waals surface area contributed by atoms with E-state index in [1.807, 2.05) is 6.92 Å². The molecule has 1 aromatic carbocycles. The molecule has 2 heterocycles. The van der Waals surface area contributed by atoms with Crippen LogP contribution < -0.4 is 5.32 Å². The summed E-state index contributed by atoms with van der Waals surface area (Å²) in [5.74, 6) is -0.286. The molecule has 9 heteroatoms. The summed E-state index contributed by atoms with van der Waals surface area (Å²) in [5.41, 5.74) is 1.44. The average Bonchev–Trinajstić information content (AvgIpc) is 3.11. The van der Waals surface area contributed by atoms with Gasteiger partial charge in [0.05, 0.1) is 23.8 Å². The van der Waals surface area contributed by atoms with Crippen LogP contribution in [0.4, 0.5) is 10.2 Å². The number of rotatable bonds is 6. The van der Waals surface area contributed by atoms with Crippen LogP contribution in [0.15, 0.2) is 41.1 Å². The smallest absolute Gasteiger partial charge is 0.227 e. The number of anilines is 1. The number of aryl methyl sites for hydroxylation is 1. The van der Waals surface area contributed by atoms with E-state index in [0.29, 0.717) is 17.1 Å². The molecule has 1 amide bonds. The van der Waals surface area contributed by atoms with Crippen molar-refractivity contribution in [2.75, 3.05) is 5.32 Å². The molecule has 26 heavy (non-hydrogen) atoms. The van der Waals surface area contributed by atoms with Gasteiger partial charge in [-0.15, -0.1) is 0 Å². The Hall–Kier alpha value is -2.19. The van der Waals surface area contributed by atoms with Gasteiger partial charge in [-0.2, -0.15) is 10.2 Å². The van der Waals surface area contributed by atoms with Crippen molar-refractivity contribution in [3.05, 3.63) is 63.2 Å². The quantitative estimate of drug-likeness (QED) is 0.630. The third kappa shape index (κ3) is 4.31. The number of benzene rings is 1. The number of carbonyl (C=O) groups excluding carboxylic acids is 1. The van der Waals surface area contributed by atoms with Crippen LogP contribution in [-0.4, -0.2) is 25.5 Å². The minimum absolute atomic E-state index is 0.225. The number of aromatic nitrogens is 4. The fourth-order valence-corrected chi connectivity index (χ4v) is 2.91. The minimum atomic E-state index is -0.314. The van der Waals surface area contributed by atoms with Crippen molar-refractivity contribution in [1.82, 2.24) is 19.6 Å². The molecule has 1 N–H and O–H groups in total. The van der Waals surface area contributed by atoms with Gasteiger partial charge in [0.2, 0.25) is 5.91 Å². The average molecular weight is 441 g/mol. The summed E-state index contributed by atoms with van der Waals surface area (Å²) in [5, 5.41) is 11.4. The van der Waals surface area contributed by atoms with Gasteiger partial charge in [0.15, 0.2) is 5.82 Å². The normalized spacial score (nSPS) is 10.9. The Balaban J connectivity index is 1.61. The van der Waals surface area contributed by atoms with Gasteiger partial charge in [-0.25, -0.2) is 4.39 Å². The van der Waals surface area contributed by atoms with Crippen LogP contribution in [0.2, 0.25) is 5.02 Å². The summed E-state index contributed by atoms with van der Waals surface area (Å²) in [7, 11) is 0. The van der Waals surface area contributed by atoms with Crippen LogP contribution >= 0.6 is 27.5 Å². The fourth-order valence-electron chi connectivity index (χ4n) is 2.42. The number of carbonyl (C=O) groups is 1. The summed E-state index contributed by atoms with van der Waals surface area (Å²) >= 11 is 9.51. The number of nitrogens with one attached hydrogen (secondary N) is 1. The van der Waals surface area contributed by atoms with Gasteiger partial charge in [-0.3, -0.25) is 14.2 Å². The van der Waals surface area contributed by atoms with Crippen molar-refractivity contribution in [2.45, 2.75) is 26.4 Å². The Morgan fingerprint density at radius 1 is 1.38 bits per heavy atom. The third-order valence-corrected chi connectivity index (χ3v) is 4.91. The van der Waals surface area contributed by atoms with E-state index < -0.39 is 0 Å². The van der Waals surface area contributed by atoms with Crippen molar-refractivity contribution in [3.8, 4) is 0 Å². The van der Waals surface area contributed by atoms with Gasteiger partial charge in [-0.1, -0.05) is 29.8 Å². The predicted octanol–water partition coefficient (Wildman–Crippen LogP) is 4.02. The lowest BCUT2D eigenvalue weighted by Gasteiger charge is -2.05. The summed E-state index contributed by atoms with van der Waals surface area (Å²) in [4.78, 5) is 12.1. The van der Waals surface area contributed by atoms with E-state index in [4.69, 9.17) is 11.6 Å². The van der Waals surface area contributed by atoms with Gasteiger partial charge in [-0.05, 0) is 28.9 Å². The first kappa shape index (κ1) is 18.6. The molecule has 3 aromatic rings. The molecule has 0 unspecified atom stereocenters. The first-order chi connectivity index (χ1) is 12.4. The topological polar surface area (TPSA) is 64.7 Å². The summed E-state index contributed by atoms with van der Waals surface area (Å²) < 4.78 is 17.9. The van der Waals surface area contributed by atoms with Crippen LogP contribution in [-0.2, 0) is 17.9 Å². The van der Waals surface area contributed by atoms with Crippen LogP contribution in [0.3, 0.4) is 0 Å². The van der Waals surface area contributed by atoms with Crippen molar-refractivity contribution >= 4 is 39.3 Å². The molecule has 0 atom stereocenters. The Labute approximate surface area is 163 Å². The molecule has 0 aliphatic heterocycles. The first-order valence-electron chi connectivity index (χ1n) is 7.88. The second-order valence-corrected chi connectivity index (χ2v) is 6.98. The maximum absolute atomic E-state index is 13.7. The third-order valence-electron chi connectivity index (χ3n) is 3.86. The zero-order valence-electron chi connectivity index (χ0n) is 13.9. The molecule has 0 bridgehead atoms. The first-order valence-corrected chi connectivity index (χ1v) is 9.05. The lowest BCUT2D eigenvalue weighted by Crippen LogP contribution is -2.16. The SMILES string of the molecule is Cc1c(Br)cnn1CCC(=O)Nc1nn(Cc2ccccc2F)cc1Cl. The van der Waals surface area contributed by atoms with Gasteiger partial charge in [0, 0.05) is 23.9 Å². The molecule has 0 radical (unpaired) electrons. The fraction of sp³-hybridized carbons (Fsp3) is 0.235. The molecule has 0 aliphatic carbocycles. The van der Waals surface area contributed by atoms with Crippen LogP contribution in [0, 0.1) is 12.7 Å². The van der Waals surface area contributed by atoms with Gasteiger partial charge >= 0.3 is 0 Å². The molecule has 3 rings (SSSR count).